The lowest BCUT2D eigenvalue weighted by Crippen LogP contribution is -2.29. The first-order valence-corrected chi connectivity index (χ1v) is 15.6. The Morgan fingerprint density at radius 2 is 1.89 bits per heavy atom. The number of carbonyl (C=O) groups is 1. The Hall–Kier alpha value is -4.00. The summed E-state index contributed by atoms with van der Waals surface area (Å²) in [7, 11) is -0.277. The van der Waals surface area contributed by atoms with E-state index in [4.69, 9.17) is 26.3 Å². The summed E-state index contributed by atoms with van der Waals surface area (Å²) in [6, 6.07) is 21.0. The number of ether oxygens (including phenoxy) is 2. The first-order chi connectivity index (χ1) is 21.3. The fraction of sp³-hybridized carbons (Fsp3) is 0.258. The Bertz CT molecular complexity index is 1700. The molecule has 2 aromatic heterocycles. The number of fused-ring (bicyclic) bond motifs is 1. The Morgan fingerprint density at radius 1 is 1.07 bits per heavy atom. The molecule has 0 amide bonds. The third-order valence-corrected chi connectivity index (χ3v) is 9.02. The molecular formula is C31H29ClF3N5O3S. The molecule has 0 bridgehead atoms. The van der Waals surface area contributed by atoms with Crippen LogP contribution in [0.25, 0.3) is 0 Å². The summed E-state index contributed by atoms with van der Waals surface area (Å²) in [5, 5.41) is 6.82. The third-order valence-electron chi connectivity index (χ3n) is 6.54. The minimum Gasteiger partial charge on any atom is -0.486 e. The van der Waals surface area contributed by atoms with Gasteiger partial charge in [-0.15, -0.1) is 10.5 Å². The van der Waals surface area contributed by atoms with Crippen molar-refractivity contribution in [3.8, 4) is 5.75 Å². The van der Waals surface area contributed by atoms with Crippen molar-refractivity contribution in [2.75, 3.05) is 25.4 Å². The Labute approximate surface area is 259 Å². The zero-order valence-electron chi connectivity index (χ0n) is 23.5. The van der Waals surface area contributed by atoms with Crippen LogP contribution in [0.3, 0.4) is 0 Å². The molecular weight excluding hydrogens is 615 g/mol. The van der Waals surface area contributed by atoms with Gasteiger partial charge in [-0.2, -0.15) is 13.2 Å². The van der Waals surface area contributed by atoms with Crippen molar-refractivity contribution in [3.63, 3.8) is 0 Å². The molecule has 230 valence electrons. The average molecular weight is 644 g/mol. The number of benzene rings is 2. The van der Waals surface area contributed by atoms with Gasteiger partial charge in [0.1, 0.15) is 19.0 Å². The van der Waals surface area contributed by atoms with Gasteiger partial charge in [-0.25, -0.2) is 14.8 Å². The summed E-state index contributed by atoms with van der Waals surface area (Å²) in [6.07, 6.45) is -0.826. The number of aromatic nitrogens is 3. The molecule has 0 saturated carbocycles. The molecule has 0 saturated heterocycles. The van der Waals surface area contributed by atoms with Crippen molar-refractivity contribution in [2.45, 2.75) is 30.8 Å². The normalized spacial score (nSPS) is 14.6. The maximum Gasteiger partial charge on any atom is 0.490 e. The van der Waals surface area contributed by atoms with E-state index in [0.29, 0.717) is 47.2 Å². The number of hydrogen-bond acceptors (Lipinski definition) is 7. The van der Waals surface area contributed by atoms with Crippen LogP contribution in [0.4, 0.5) is 18.9 Å². The average Bonchev–Trinajstić information content (AvgIpc) is 3.45. The molecule has 0 radical (unpaired) electrons. The second-order valence-electron chi connectivity index (χ2n) is 9.69. The van der Waals surface area contributed by atoms with Crippen LogP contribution >= 0.6 is 22.1 Å². The van der Waals surface area contributed by atoms with E-state index in [1.807, 2.05) is 42.5 Å². The highest BCUT2D eigenvalue weighted by molar-refractivity contribution is 8.15. The highest BCUT2D eigenvalue weighted by atomic mass is 35.5. The molecule has 1 aliphatic rings. The number of nitrogens with zero attached hydrogens (tertiary/aromatic N) is 4. The van der Waals surface area contributed by atoms with Gasteiger partial charge in [-0.1, -0.05) is 53.4 Å². The van der Waals surface area contributed by atoms with E-state index < -0.39 is 12.1 Å². The van der Waals surface area contributed by atoms with Gasteiger partial charge in [0, 0.05) is 43.6 Å². The van der Waals surface area contributed by atoms with Crippen LogP contribution in [0.1, 0.15) is 16.8 Å². The molecule has 2 aromatic carbocycles. The maximum absolute atomic E-state index is 12.3. The van der Waals surface area contributed by atoms with Gasteiger partial charge >= 0.3 is 12.1 Å². The monoisotopic (exact) mass is 643 g/mol. The van der Waals surface area contributed by atoms with Crippen LogP contribution in [-0.2, 0) is 29.1 Å². The molecule has 44 heavy (non-hydrogen) atoms. The van der Waals surface area contributed by atoms with Crippen LogP contribution in [0.5, 0.6) is 5.75 Å². The molecule has 1 atom stereocenters. The van der Waals surface area contributed by atoms with E-state index in [-0.39, 0.29) is 30.2 Å². The summed E-state index contributed by atoms with van der Waals surface area (Å²) in [5.74, 6) is -0.941. The van der Waals surface area contributed by atoms with Crippen molar-refractivity contribution in [1.29, 1.82) is 0 Å². The lowest BCUT2D eigenvalue weighted by Gasteiger charge is -2.17. The first-order valence-electron chi connectivity index (χ1n) is 13.7. The van der Waals surface area contributed by atoms with Crippen molar-refractivity contribution < 1.29 is 27.4 Å². The van der Waals surface area contributed by atoms with Gasteiger partial charge in [0.25, 0.3) is 0 Å². The molecule has 4 aromatic rings. The molecule has 0 aliphatic carbocycles. The number of esters is 1. The zero-order chi connectivity index (χ0) is 30.9. The number of nitrogens with one attached hydrogen (secondary N) is 1. The van der Waals surface area contributed by atoms with E-state index in [1.54, 1.807) is 24.7 Å². The minimum absolute atomic E-state index is 0.120. The summed E-state index contributed by atoms with van der Waals surface area (Å²) in [6.45, 7) is 1.21. The topological polar surface area (TPSA) is 90.6 Å². The second kappa shape index (κ2) is 14.7. The van der Waals surface area contributed by atoms with Crippen molar-refractivity contribution in [2.24, 2.45) is 4.99 Å². The van der Waals surface area contributed by atoms with Gasteiger partial charge in [0.05, 0.1) is 27.8 Å². The van der Waals surface area contributed by atoms with Crippen LogP contribution in [0.2, 0.25) is 5.02 Å². The predicted octanol–water partition coefficient (Wildman–Crippen LogP) is 5.47. The third kappa shape index (κ3) is 8.34. The van der Waals surface area contributed by atoms with Crippen LogP contribution < -0.4 is 15.5 Å². The largest absolute Gasteiger partial charge is 0.490 e. The Balaban J connectivity index is 1.32. The fourth-order valence-corrected chi connectivity index (χ4v) is 6.87. The summed E-state index contributed by atoms with van der Waals surface area (Å²) >= 11 is 6.53. The van der Waals surface area contributed by atoms with Gasteiger partial charge in [-0.3, -0.25) is 4.98 Å². The van der Waals surface area contributed by atoms with E-state index >= 15 is 0 Å². The second-order valence-corrected chi connectivity index (χ2v) is 12.1. The van der Waals surface area contributed by atoms with Gasteiger partial charge in [0.2, 0.25) is 0 Å². The SMILES string of the molecule is O=C(OCCNCCS1=CCc2c1n(Cc1ccccc1)cnc2=Nc1ccc(OCc2ccccn2)c(Cl)c1)C(F)(F)F. The molecule has 0 spiro atoms. The number of rotatable bonds is 12. The standard InChI is InChI=1S/C31H29ClF3N5O3S/c32-26-18-23(9-10-27(26)43-20-24-8-4-5-12-37-24)39-28-25-11-16-44(17-14-36-13-15-42-30(41)31(33,34)35)29(25)40(21-38-28)19-22-6-2-1-3-7-22/h1-10,12,16,18,21,36H,11,13-15,17,19-20H2. The fourth-order valence-electron chi connectivity index (χ4n) is 4.48. The van der Waals surface area contributed by atoms with Crippen LogP contribution in [-0.4, -0.2) is 57.5 Å². The quantitative estimate of drug-likeness (QED) is 0.0953. The summed E-state index contributed by atoms with van der Waals surface area (Å²) in [4.78, 5) is 24.7. The van der Waals surface area contributed by atoms with Crippen LogP contribution in [0.15, 0.2) is 89.3 Å². The highest BCUT2D eigenvalue weighted by Crippen LogP contribution is 2.34. The lowest BCUT2D eigenvalue weighted by molar-refractivity contribution is -0.199. The van der Waals surface area contributed by atoms with Gasteiger partial charge in [-0.05, 0) is 35.9 Å². The number of halogens is 4. The Morgan fingerprint density at radius 3 is 2.64 bits per heavy atom. The number of hydrogen-bond donors (Lipinski definition) is 1. The highest BCUT2D eigenvalue weighted by Gasteiger charge is 2.40. The molecule has 1 N–H and O–H groups in total. The molecule has 1 aliphatic heterocycles. The first kappa shape index (κ1) is 31.4. The molecule has 13 heteroatoms. The van der Waals surface area contributed by atoms with Gasteiger partial charge < -0.3 is 19.4 Å². The van der Waals surface area contributed by atoms with E-state index in [0.717, 1.165) is 21.8 Å². The van der Waals surface area contributed by atoms with E-state index in [1.165, 1.54) is 0 Å². The molecule has 1 unspecified atom stereocenters. The number of pyridine rings is 1. The number of carbonyl (C=O) groups excluding carboxylic acids is 1. The Kier molecular flexibility index (Phi) is 10.5. The molecule has 3 heterocycles. The van der Waals surface area contributed by atoms with Crippen molar-refractivity contribution in [3.05, 3.63) is 107 Å². The van der Waals surface area contributed by atoms with Gasteiger partial charge in [0.15, 0.2) is 5.49 Å². The predicted molar refractivity (Wildman–Crippen MR) is 163 cm³/mol. The molecule has 0 fully saturated rings. The summed E-state index contributed by atoms with van der Waals surface area (Å²) < 4.78 is 49.2. The van der Waals surface area contributed by atoms with E-state index in [9.17, 15) is 18.0 Å². The lowest BCUT2D eigenvalue weighted by atomic mass is 10.2. The smallest absolute Gasteiger partial charge is 0.486 e. The van der Waals surface area contributed by atoms with E-state index in [2.05, 4.69) is 37.1 Å². The van der Waals surface area contributed by atoms with Crippen molar-refractivity contribution >= 4 is 39.1 Å². The number of alkyl halides is 3. The van der Waals surface area contributed by atoms with Crippen LogP contribution in [0, 0.1) is 0 Å². The zero-order valence-corrected chi connectivity index (χ0v) is 25.0. The van der Waals surface area contributed by atoms with Crippen molar-refractivity contribution in [1.82, 2.24) is 19.9 Å². The minimum atomic E-state index is -4.99. The maximum atomic E-state index is 12.3. The summed E-state index contributed by atoms with van der Waals surface area (Å²) in [5.41, 5.74) is 4.16. The molecule has 5 rings (SSSR count). The molecule has 8 nitrogen and oxygen atoms in total.